The Bertz CT molecular complexity index is 1780. The second-order valence-corrected chi connectivity index (χ2v) is 12.1. The van der Waals surface area contributed by atoms with Gasteiger partial charge < -0.3 is 10.2 Å². The zero-order valence-corrected chi connectivity index (χ0v) is 21.8. The summed E-state index contributed by atoms with van der Waals surface area (Å²) in [5.41, 5.74) is 2.53. The fourth-order valence-corrected chi connectivity index (χ4v) is 5.90. The van der Waals surface area contributed by atoms with E-state index in [1.165, 1.54) is 48.5 Å². The first-order chi connectivity index (χ1) is 17.9. The normalized spacial score (nSPS) is 12.1. The van der Waals surface area contributed by atoms with Gasteiger partial charge in [-0.1, -0.05) is 35.4 Å². The number of anilines is 2. The number of aromatic hydroxyl groups is 2. The zero-order valence-electron chi connectivity index (χ0n) is 20.2. The van der Waals surface area contributed by atoms with Gasteiger partial charge >= 0.3 is 0 Å². The van der Waals surface area contributed by atoms with Crippen molar-refractivity contribution in [3.8, 4) is 11.5 Å². The van der Waals surface area contributed by atoms with Crippen LogP contribution in [0.5, 0.6) is 11.5 Å². The predicted molar refractivity (Wildman–Crippen MR) is 144 cm³/mol. The lowest BCUT2D eigenvalue weighted by Crippen LogP contribution is -2.18. The second-order valence-electron chi connectivity index (χ2n) is 8.78. The van der Waals surface area contributed by atoms with Gasteiger partial charge in [0, 0.05) is 12.1 Å². The lowest BCUT2D eigenvalue weighted by atomic mass is 10.2. The number of hydrogen-bond donors (Lipinski definition) is 4. The highest BCUT2D eigenvalue weighted by atomic mass is 32.2. The summed E-state index contributed by atoms with van der Waals surface area (Å²) in [5, 5.41) is 19.7. The number of phenolic OH excluding ortho intramolecular Hbond substituents is 2. The van der Waals surface area contributed by atoms with Crippen LogP contribution < -0.4 is 9.44 Å². The standard InChI is InChI=1S/C26H22N4O6S2/c1-15-3-7-17(8-4-15)37(33,34)29-23-11-19-20(28-22-14-26(32)25(31)13-21(22)27-19)12-24(23)30-38(35,36)18-9-5-16(2)6-10-18/h3-14,29-32H,1-2H3. The molecule has 0 bridgehead atoms. The van der Waals surface area contributed by atoms with E-state index in [4.69, 9.17) is 0 Å². The average molecular weight is 551 g/mol. The summed E-state index contributed by atoms with van der Waals surface area (Å²) in [6.07, 6.45) is 0. The Hall–Kier alpha value is -4.42. The molecule has 194 valence electrons. The largest absolute Gasteiger partial charge is 0.504 e. The van der Waals surface area contributed by atoms with Gasteiger partial charge in [0.1, 0.15) is 0 Å². The van der Waals surface area contributed by atoms with Crippen LogP contribution in [0.3, 0.4) is 0 Å². The molecule has 12 heteroatoms. The minimum Gasteiger partial charge on any atom is -0.504 e. The quantitative estimate of drug-likeness (QED) is 0.179. The average Bonchev–Trinajstić information content (AvgIpc) is 2.84. The van der Waals surface area contributed by atoms with E-state index in [2.05, 4.69) is 19.4 Å². The van der Waals surface area contributed by atoms with Crippen molar-refractivity contribution in [1.29, 1.82) is 0 Å². The molecule has 0 aliphatic heterocycles. The lowest BCUT2D eigenvalue weighted by Gasteiger charge is -2.16. The molecule has 1 heterocycles. The van der Waals surface area contributed by atoms with Crippen molar-refractivity contribution < 1.29 is 27.0 Å². The van der Waals surface area contributed by atoms with Crippen molar-refractivity contribution in [3.05, 3.63) is 83.9 Å². The summed E-state index contributed by atoms with van der Waals surface area (Å²) < 4.78 is 57.6. The smallest absolute Gasteiger partial charge is 0.261 e. The molecule has 0 radical (unpaired) electrons. The van der Waals surface area contributed by atoms with E-state index in [-0.39, 0.29) is 43.2 Å². The van der Waals surface area contributed by atoms with Crippen LogP contribution in [0.2, 0.25) is 0 Å². The van der Waals surface area contributed by atoms with E-state index >= 15 is 0 Å². The number of nitrogens with one attached hydrogen (secondary N) is 2. The maximum absolute atomic E-state index is 13.2. The van der Waals surface area contributed by atoms with E-state index in [0.717, 1.165) is 11.1 Å². The number of nitrogens with zero attached hydrogens (tertiary/aromatic N) is 2. The van der Waals surface area contributed by atoms with Crippen LogP contribution in [0.4, 0.5) is 11.4 Å². The topological polar surface area (TPSA) is 159 Å². The van der Waals surface area contributed by atoms with Crippen molar-refractivity contribution in [2.45, 2.75) is 23.6 Å². The Labute approximate surface area is 218 Å². The summed E-state index contributed by atoms with van der Waals surface area (Å²) in [4.78, 5) is 8.80. The maximum atomic E-state index is 13.2. The summed E-state index contributed by atoms with van der Waals surface area (Å²) in [7, 11) is -8.22. The monoisotopic (exact) mass is 550 g/mol. The number of aromatic nitrogens is 2. The Morgan fingerprint density at radius 2 is 0.868 bits per heavy atom. The molecule has 0 atom stereocenters. The summed E-state index contributed by atoms with van der Waals surface area (Å²) in [6.45, 7) is 3.65. The molecule has 5 rings (SSSR count). The molecule has 0 saturated carbocycles. The van der Waals surface area contributed by atoms with Gasteiger partial charge in [0.25, 0.3) is 20.0 Å². The van der Waals surface area contributed by atoms with Gasteiger partial charge in [0.05, 0.1) is 43.2 Å². The fraction of sp³-hybridized carbons (Fsp3) is 0.0769. The molecule has 0 amide bonds. The maximum Gasteiger partial charge on any atom is 0.261 e. The molecule has 38 heavy (non-hydrogen) atoms. The Morgan fingerprint density at radius 3 is 1.21 bits per heavy atom. The third-order valence-corrected chi connectivity index (χ3v) is 8.58. The lowest BCUT2D eigenvalue weighted by molar-refractivity contribution is 0.404. The number of phenols is 2. The van der Waals surface area contributed by atoms with Gasteiger partial charge in [0.15, 0.2) is 11.5 Å². The van der Waals surface area contributed by atoms with Gasteiger partial charge in [-0.2, -0.15) is 0 Å². The van der Waals surface area contributed by atoms with E-state index < -0.39 is 31.5 Å². The van der Waals surface area contributed by atoms with Gasteiger partial charge in [-0.25, -0.2) is 26.8 Å². The molecule has 10 nitrogen and oxygen atoms in total. The van der Waals surface area contributed by atoms with E-state index in [0.29, 0.717) is 0 Å². The number of rotatable bonds is 6. The molecular weight excluding hydrogens is 528 g/mol. The van der Waals surface area contributed by atoms with Crippen LogP contribution in [-0.2, 0) is 20.0 Å². The first-order valence-corrected chi connectivity index (χ1v) is 14.2. The summed E-state index contributed by atoms with van der Waals surface area (Å²) in [5.74, 6) is -0.789. The Morgan fingerprint density at radius 1 is 0.553 bits per heavy atom. The molecule has 0 unspecified atom stereocenters. The van der Waals surface area contributed by atoms with Gasteiger partial charge in [-0.05, 0) is 50.2 Å². The number of fused-ring (bicyclic) bond motifs is 2. The van der Waals surface area contributed by atoms with Crippen molar-refractivity contribution in [2.75, 3.05) is 9.44 Å². The molecule has 1 aromatic heterocycles. The van der Waals surface area contributed by atoms with Crippen LogP contribution >= 0.6 is 0 Å². The van der Waals surface area contributed by atoms with Crippen molar-refractivity contribution in [3.63, 3.8) is 0 Å². The second kappa shape index (κ2) is 9.15. The van der Waals surface area contributed by atoms with Gasteiger partial charge in [-0.3, -0.25) is 9.44 Å². The number of aryl methyl sites for hydroxylation is 2. The Kier molecular flexibility index (Phi) is 6.08. The molecule has 0 fully saturated rings. The summed E-state index contributed by atoms with van der Waals surface area (Å²) in [6, 6.07) is 17.5. The molecular formula is C26H22N4O6S2. The molecule has 4 aromatic carbocycles. The Balaban J connectivity index is 1.67. The van der Waals surface area contributed by atoms with Crippen LogP contribution in [0.1, 0.15) is 11.1 Å². The van der Waals surface area contributed by atoms with Crippen molar-refractivity contribution in [1.82, 2.24) is 9.97 Å². The fourth-order valence-electron chi connectivity index (χ4n) is 3.76. The van der Waals surface area contributed by atoms with Crippen molar-refractivity contribution in [2.24, 2.45) is 0 Å². The predicted octanol–water partition coefficient (Wildman–Crippen LogP) is 4.41. The number of benzene rings is 4. The zero-order chi connectivity index (χ0) is 27.2. The highest BCUT2D eigenvalue weighted by molar-refractivity contribution is 7.93. The van der Waals surface area contributed by atoms with Crippen LogP contribution in [-0.4, -0.2) is 37.0 Å². The van der Waals surface area contributed by atoms with E-state index in [9.17, 15) is 27.0 Å². The number of sulfonamides is 2. The van der Waals surface area contributed by atoms with E-state index in [1.54, 1.807) is 24.3 Å². The molecule has 5 aromatic rings. The van der Waals surface area contributed by atoms with E-state index in [1.807, 2.05) is 13.8 Å². The van der Waals surface area contributed by atoms with Crippen molar-refractivity contribution >= 4 is 53.5 Å². The first-order valence-electron chi connectivity index (χ1n) is 11.3. The minimum absolute atomic E-state index is 0.0134. The van der Waals surface area contributed by atoms with Crippen LogP contribution in [0.25, 0.3) is 22.1 Å². The van der Waals surface area contributed by atoms with Gasteiger partial charge in [-0.15, -0.1) is 0 Å². The minimum atomic E-state index is -4.11. The molecule has 0 aliphatic rings. The van der Waals surface area contributed by atoms with Crippen LogP contribution in [0.15, 0.2) is 82.6 Å². The van der Waals surface area contributed by atoms with Gasteiger partial charge in [0.2, 0.25) is 0 Å². The molecule has 4 N–H and O–H groups in total. The molecule has 0 aliphatic carbocycles. The first kappa shape index (κ1) is 25.2. The molecule has 0 spiro atoms. The number of hydrogen-bond acceptors (Lipinski definition) is 8. The summed E-state index contributed by atoms with van der Waals surface area (Å²) >= 11 is 0. The third kappa shape index (κ3) is 4.91. The SMILES string of the molecule is Cc1ccc(S(=O)(=O)Nc2cc3nc4cc(O)c(O)cc4nc3cc2NS(=O)(=O)c2ccc(C)cc2)cc1. The highest BCUT2D eigenvalue weighted by Gasteiger charge is 2.22. The highest BCUT2D eigenvalue weighted by Crippen LogP contribution is 2.34. The van der Waals surface area contributed by atoms with Crippen LogP contribution in [0, 0.1) is 13.8 Å². The molecule has 0 saturated heterocycles. The third-order valence-electron chi connectivity index (χ3n) is 5.82.